The summed E-state index contributed by atoms with van der Waals surface area (Å²) in [5, 5.41) is 6.50. The third kappa shape index (κ3) is 2.70. The van der Waals surface area contributed by atoms with Crippen LogP contribution in [0.5, 0.6) is 0 Å². The van der Waals surface area contributed by atoms with Crippen molar-refractivity contribution >= 4 is 18.3 Å². The van der Waals surface area contributed by atoms with Crippen LogP contribution in [-0.4, -0.2) is 19.0 Å². The van der Waals surface area contributed by atoms with Crippen molar-refractivity contribution in [1.29, 1.82) is 0 Å². The molecule has 0 aromatic heterocycles. The van der Waals surface area contributed by atoms with Crippen molar-refractivity contribution in [2.24, 2.45) is 17.8 Å². The second kappa shape index (κ2) is 6.15. The first-order chi connectivity index (χ1) is 9.16. The Balaban J connectivity index is 0.00000147. The van der Waals surface area contributed by atoms with Gasteiger partial charge in [-0.25, -0.2) is 0 Å². The van der Waals surface area contributed by atoms with E-state index in [1.54, 1.807) is 0 Å². The summed E-state index contributed by atoms with van der Waals surface area (Å²) in [4.78, 5) is 12.3. The lowest BCUT2D eigenvalue weighted by Gasteiger charge is -2.33. The van der Waals surface area contributed by atoms with E-state index in [4.69, 9.17) is 0 Å². The van der Waals surface area contributed by atoms with E-state index in [1.165, 1.54) is 11.1 Å². The zero-order valence-corrected chi connectivity index (χ0v) is 12.9. The molecule has 3 nitrogen and oxygen atoms in total. The van der Waals surface area contributed by atoms with E-state index in [9.17, 15) is 4.79 Å². The van der Waals surface area contributed by atoms with E-state index in [0.29, 0.717) is 11.8 Å². The highest BCUT2D eigenvalue weighted by molar-refractivity contribution is 5.85. The number of benzene rings is 1. The smallest absolute Gasteiger partial charge is 0.223 e. The van der Waals surface area contributed by atoms with E-state index >= 15 is 0 Å². The Morgan fingerprint density at radius 3 is 2.70 bits per heavy atom. The Kier molecular flexibility index (Phi) is 4.71. The minimum Gasteiger partial charge on any atom is -0.349 e. The first-order valence-electron chi connectivity index (χ1n) is 7.25. The SMILES string of the molecule is CC1Cc2ccccc2C1NC(=O)C(C)C1CNC1.Cl. The Hall–Kier alpha value is -1.06. The van der Waals surface area contributed by atoms with Gasteiger partial charge in [-0.05, 0) is 42.5 Å². The average Bonchev–Trinajstić information content (AvgIpc) is 2.64. The van der Waals surface area contributed by atoms with Crippen molar-refractivity contribution in [1.82, 2.24) is 10.6 Å². The van der Waals surface area contributed by atoms with E-state index in [-0.39, 0.29) is 30.3 Å². The highest BCUT2D eigenvalue weighted by Gasteiger charge is 2.34. The van der Waals surface area contributed by atoms with Gasteiger partial charge >= 0.3 is 0 Å². The number of nitrogens with one attached hydrogen (secondary N) is 2. The van der Waals surface area contributed by atoms with Gasteiger partial charge in [0.25, 0.3) is 0 Å². The Bertz CT molecular complexity index is 487. The summed E-state index contributed by atoms with van der Waals surface area (Å²) < 4.78 is 0. The lowest BCUT2D eigenvalue weighted by molar-refractivity contribution is -0.127. The summed E-state index contributed by atoms with van der Waals surface area (Å²) in [5.41, 5.74) is 2.69. The number of amides is 1. The molecule has 1 saturated heterocycles. The summed E-state index contributed by atoms with van der Waals surface area (Å²) in [6.07, 6.45) is 1.07. The van der Waals surface area contributed by atoms with Crippen LogP contribution in [0.2, 0.25) is 0 Å². The fourth-order valence-corrected chi connectivity index (χ4v) is 3.18. The van der Waals surface area contributed by atoms with Crippen LogP contribution in [-0.2, 0) is 11.2 Å². The number of hydrogen-bond acceptors (Lipinski definition) is 2. The summed E-state index contributed by atoms with van der Waals surface area (Å²) in [6, 6.07) is 8.67. The van der Waals surface area contributed by atoms with Crippen molar-refractivity contribution in [3.8, 4) is 0 Å². The standard InChI is InChI=1S/C16H22N2O.ClH/c1-10-7-12-5-3-4-6-14(12)15(10)18-16(19)11(2)13-8-17-9-13;/h3-6,10-11,13,15,17H,7-9H2,1-2H3,(H,18,19);1H. The topological polar surface area (TPSA) is 41.1 Å². The molecule has 2 aliphatic rings. The molecule has 0 bridgehead atoms. The number of fused-ring (bicyclic) bond motifs is 1. The van der Waals surface area contributed by atoms with E-state index in [0.717, 1.165) is 19.5 Å². The van der Waals surface area contributed by atoms with Crippen molar-refractivity contribution in [2.75, 3.05) is 13.1 Å². The molecule has 4 heteroatoms. The fourth-order valence-electron chi connectivity index (χ4n) is 3.18. The maximum Gasteiger partial charge on any atom is 0.223 e. The van der Waals surface area contributed by atoms with Crippen LogP contribution in [0.15, 0.2) is 24.3 Å². The maximum absolute atomic E-state index is 12.3. The lowest BCUT2D eigenvalue weighted by atomic mass is 9.88. The largest absolute Gasteiger partial charge is 0.349 e. The van der Waals surface area contributed by atoms with Gasteiger partial charge in [-0.2, -0.15) is 0 Å². The van der Waals surface area contributed by atoms with Crippen LogP contribution in [0.4, 0.5) is 0 Å². The molecule has 1 fully saturated rings. The second-order valence-corrected chi connectivity index (χ2v) is 6.07. The van der Waals surface area contributed by atoms with Gasteiger partial charge in [-0.1, -0.05) is 38.1 Å². The third-order valence-corrected chi connectivity index (χ3v) is 4.73. The normalized spacial score (nSPS) is 26.1. The van der Waals surface area contributed by atoms with Crippen molar-refractivity contribution in [2.45, 2.75) is 26.3 Å². The Labute approximate surface area is 126 Å². The number of carbonyl (C=O) groups is 1. The molecule has 1 aliphatic carbocycles. The number of halogens is 1. The molecule has 1 heterocycles. The first-order valence-corrected chi connectivity index (χ1v) is 7.25. The van der Waals surface area contributed by atoms with Gasteiger partial charge in [0, 0.05) is 5.92 Å². The number of rotatable bonds is 3. The minimum absolute atomic E-state index is 0. The van der Waals surface area contributed by atoms with Gasteiger partial charge in [0.05, 0.1) is 6.04 Å². The summed E-state index contributed by atoms with van der Waals surface area (Å²) in [7, 11) is 0. The molecule has 20 heavy (non-hydrogen) atoms. The van der Waals surface area contributed by atoms with E-state index in [1.807, 2.05) is 6.92 Å². The van der Waals surface area contributed by atoms with Crippen LogP contribution in [0.1, 0.15) is 31.0 Å². The molecule has 0 saturated carbocycles. The average molecular weight is 295 g/mol. The van der Waals surface area contributed by atoms with Crippen molar-refractivity contribution in [3.63, 3.8) is 0 Å². The lowest BCUT2D eigenvalue weighted by Crippen LogP contribution is -2.50. The Morgan fingerprint density at radius 1 is 1.35 bits per heavy atom. The molecule has 0 spiro atoms. The molecular weight excluding hydrogens is 272 g/mol. The minimum atomic E-state index is 0. The van der Waals surface area contributed by atoms with E-state index in [2.05, 4.69) is 41.8 Å². The molecule has 3 rings (SSSR count). The first kappa shape index (κ1) is 15.3. The molecule has 1 aliphatic heterocycles. The van der Waals surface area contributed by atoms with Crippen molar-refractivity contribution < 1.29 is 4.79 Å². The third-order valence-electron chi connectivity index (χ3n) is 4.73. The van der Waals surface area contributed by atoms with Crippen molar-refractivity contribution in [3.05, 3.63) is 35.4 Å². The van der Waals surface area contributed by atoms with Gasteiger partial charge in [0.15, 0.2) is 0 Å². The van der Waals surface area contributed by atoms with Gasteiger partial charge in [-0.15, -0.1) is 12.4 Å². The molecule has 3 atom stereocenters. The maximum atomic E-state index is 12.3. The summed E-state index contributed by atoms with van der Waals surface area (Å²) in [5.74, 6) is 1.32. The predicted molar refractivity (Wildman–Crippen MR) is 83.0 cm³/mol. The number of carbonyl (C=O) groups excluding carboxylic acids is 1. The molecule has 1 aromatic rings. The van der Waals surface area contributed by atoms with Gasteiger partial charge in [0.1, 0.15) is 0 Å². The zero-order valence-electron chi connectivity index (χ0n) is 12.1. The molecule has 3 unspecified atom stereocenters. The van der Waals surface area contributed by atoms with Crippen LogP contribution in [0.3, 0.4) is 0 Å². The Morgan fingerprint density at radius 2 is 2.05 bits per heavy atom. The number of hydrogen-bond donors (Lipinski definition) is 2. The quantitative estimate of drug-likeness (QED) is 0.898. The molecule has 0 radical (unpaired) electrons. The van der Waals surface area contributed by atoms with Crippen LogP contribution >= 0.6 is 12.4 Å². The van der Waals surface area contributed by atoms with Crippen LogP contribution in [0.25, 0.3) is 0 Å². The monoisotopic (exact) mass is 294 g/mol. The fraction of sp³-hybridized carbons (Fsp3) is 0.562. The predicted octanol–water partition coefficient (Wildman–Crippen LogP) is 2.31. The molecule has 1 amide bonds. The van der Waals surface area contributed by atoms with Gasteiger partial charge in [0.2, 0.25) is 5.91 Å². The molecule has 110 valence electrons. The van der Waals surface area contributed by atoms with Crippen LogP contribution < -0.4 is 10.6 Å². The highest BCUT2D eigenvalue weighted by Crippen LogP contribution is 2.36. The zero-order chi connectivity index (χ0) is 13.4. The summed E-state index contributed by atoms with van der Waals surface area (Å²) in [6.45, 7) is 6.23. The van der Waals surface area contributed by atoms with E-state index < -0.39 is 0 Å². The summed E-state index contributed by atoms with van der Waals surface area (Å²) >= 11 is 0. The molecule has 2 N–H and O–H groups in total. The van der Waals surface area contributed by atoms with Crippen LogP contribution in [0, 0.1) is 17.8 Å². The van der Waals surface area contributed by atoms with Gasteiger partial charge < -0.3 is 10.6 Å². The van der Waals surface area contributed by atoms with Gasteiger partial charge in [-0.3, -0.25) is 4.79 Å². The highest BCUT2D eigenvalue weighted by atomic mass is 35.5. The molecular formula is C16H23ClN2O. The molecule has 1 aromatic carbocycles. The second-order valence-electron chi connectivity index (χ2n) is 6.07.